The maximum Gasteiger partial charge on any atom is 0.235 e. The third kappa shape index (κ3) is 1.94. The molecule has 0 aliphatic heterocycles. The summed E-state index contributed by atoms with van der Waals surface area (Å²) in [6, 6.07) is 2.71. The molecule has 1 aromatic rings. The van der Waals surface area contributed by atoms with E-state index in [9.17, 15) is 19.6 Å². The van der Waals surface area contributed by atoms with Crippen LogP contribution in [0.5, 0.6) is 0 Å². The Morgan fingerprint density at radius 2 is 2.25 bits per heavy atom. The molecule has 0 heterocycles. The molecule has 0 saturated heterocycles. The number of nitro groups is 1. The Bertz CT molecular complexity index is 471. The summed E-state index contributed by atoms with van der Waals surface area (Å²) < 4.78 is 13.5. The lowest BCUT2D eigenvalue weighted by atomic mass is 10.0. The van der Waals surface area contributed by atoms with Gasteiger partial charge in [0.25, 0.3) is 0 Å². The summed E-state index contributed by atoms with van der Waals surface area (Å²) >= 11 is 0. The number of aryl methyl sites for hydroxylation is 1. The van der Waals surface area contributed by atoms with Crippen molar-refractivity contribution in [3.05, 3.63) is 51.0 Å². The lowest BCUT2D eigenvalue weighted by molar-refractivity contribution is -0.400. The molecule has 5 heteroatoms. The normalized spacial score (nSPS) is 19.0. The molecule has 1 unspecified atom stereocenters. The van der Waals surface area contributed by atoms with Crippen LogP contribution in [-0.2, 0) is 11.5 Å². The van der Waals surface area contributed by atoms with Crippen LogP contribution in [0.25, 0.3) is 6.08 Å². The molecule has 0 N–H and O–H groups in total. The Morgan fingerprint density at radius 3 is 2.94 bits per heavy atom. The lowest BCUT2D eigenvalue weighted by Gasteiger charge is -2.04. The Labute approximate surface area is 91.2 Å². The zero-order valence-electron chi connectivity index (χ0n) is 8.35. The van der Waals surface area contributed by atoms with Crippen molar-refractivity contribution in [2.24, 2.45) is 0 Å². The Morgan fingerprint density at radius 1 is 1.50 bits per heavy atom. The van der Waals surface area contributed by atoms with E-state index in [0.29, 0.717) is 24.6 Å². The van der Waals surface area contributed by atoms with Crippen LogP contribution in [0, 0.1) is 15.9 Å². The molecule has 0 bridgehead atoms. The summed E-state index contributed by atoms with van der Waals surface area (Å²) in [6.45, 7) is 0. The van der Waals surface area contributed by atoms with E-state index in [2.05, 4.69) is 0 Å². The predicted molar refractivity (Wildman–Crippen MR) is 54.2 cm³/mol. The molecule has 1 aliphatic rings. The van der Waals surface area contributed by atoms with Gasteiger partial charge in [-0.2, -0.15) is 0 Å². The van der Waals surface area contributed by atoms with E-state index in [4.69, 9.17) is 0 Å². The topological polar surface area (TPSA) is 63.0 Å². The van der Waals surface area contributed by atoms with Gasteiger partial charge in [-0.1, -0.05) is 0 Å². The van der Waals surface area contributed by atoms with Gasteiger partial charge in [-0.3, -0.25) is 10.1 Å². The van der Waals surface area contributed by atoms with E-state index < -0.39 is 16.8 Å². The summed E-state index contributed by atoms with van der Waals surface area (Å²) in [4.78, 5) is 9.47. The Hall–Kier alpha value is -1.75. The first-order chi connectivity index (χ1) is 7.58. The molecule has 83 valence electrons. The smallest absolute Gasteiger partial charge is 0.235 e. The minimum absolute atomic E-state index is 0.157. The van der Waals surface area contributed by atoms with E-state index in [1.54, 1.807) is 0 Å². The van der Waals surface area contributed by atoms with Crippen LogP contribution in [0.1, 0.15) is 29.2 Å². The fourth-order valence-corrected chi connectivity index (χ4v) is 1.88. The zero-order chi connectivity index (χ0) is 11.7. The molecule has 16 heavy (non-hydrogen) atoms. The second-order valence-electron chi connectivity index (χ2n) is 3.70. The van der Waals surface area contributed by atoms with Gasteiger partial charge in [0, 0.05) is 11.6 Å². The first kappa shape index (κ1) is 10.8. The van der Waals surface area contributed by atoms with Crippen molar-refractivity contribution in [3.63, 3.8) is 0 Å². The van der Waals surface area contributed by atoms with Crippen molar-refractivity contribution < 1.29 is 14.4 Å². The van der Waals surface area contributed by atoms with Gasteiger partial charge in [0.15, 0.2) is 0 Å². The number of benzene rings is 1. The Balaban J connectivity index is 2.39. The highest BCUT2D eigenvalue weighted by Crippen LogP contribution is 2.33. The van der Waals surface area contributed by atoms with Crippen LogP contribution in [0.15, 0.2) is 18.3 Å². The highest BCUT2D eigenvalue weighted by atomic mass is 19.1. The standard InChI is InChI=1S/C11H9FNO3/c12-10-6-9-7(1-2-11(9)14)5-8(10)3-4-13(15)16/h3-6,11H,1-2H2. The van der Waals surface area contributed by atoms with Gasteiger partial charge in [-0.15, -0.1) is 0 Å². The molecule has 1 aliphatic carbocycles. The molecule has 0 fully saturated rings. The van der Waals surface area contributed by atoms with Crippen molar-refractivity contribution in [1.29, 1.82) is 0 Å². The van der Waals surface area contributed by atoms with Crippen LogP contribution in [0.3, 0.4) is 0 Å². The molecule has 1 aromatic carbocycles. The molecule has 0 aromatic heterocycles. The third-order valence-electron chi connectivity index (χ3n) is 2.66. The average molecular weight is 222 g/mol. The van der Waals surface area contributed by atoms with Crippen LogP contribution in [0.4, 0.5) is 4.39 Å². The number of hydrogen-bond donors (Lipinski definition) is 0. The van der Waals surface area contributed by atoms with Crippen LogP contribution < -0.4 is 0 Å². The zero-order valence-corrected chi connectivity index (χ0v) is 8.35. The number of nitrogens with zero attached hydrogens (tertiary/aromatic N) is 1. The quantitative estimate of drug-likeness (QED) is 0.570. The second-order valence-corrected chi connectivity index (χ2v) is 3.70. The van der Waals surface area contributed by atoms with E-state index >= 15 is 0 Å². The minimum atomic E-state index is -0.863. The molecule has 4 nitrogen and oxygen atoms in total. The maximum atomic E-state index is 13.5. The molecule has 1 radical (unpaired) electrons. The van der Waals surface area contributed by atoms with Crippen LogP contribution in [-0.4, -0.2) is 4.92 Å². The third-order valence-corrected chi connectivity index (χ3v) is 2.66. The molecule has 0 spiro atoms. The van der Waals surface area contributed by atoms with E-state index in [0.717, 1.165) is 11.6 Å². The van der Waals surface area contributed by atoms with Gasteiger partial charge < -0.3 is 0 Å². The number of rotatable bonds is 2. The number of hydrogen-bond acceptors (Lipinski definition) is 2. The molecule has 0 amide bonds. The monoisotopic (exact) mass is 222 g/mol. The highest BCUT2D eigenvalue weighted by Gasteiger charge is 2.23. The van der Waals surface area contributed by atoms with Gasteiger partial charge >= 0.3 is 0 Å². The summed E-state index contributed by atoms with van der Waals surface area (Å²) in [5.74, 6) is -0.584. The number of fused-ring (bicyclic) bond motifs is 1. The fraction of sp³-hybridized carbons (Fsp3) is 0.273. The van der Waals surface area contributed by atoms with E-state index in [-0.39, 0.29) is 5.56 Å². The number of halogens is 1. The molecule has 0 saturated carbocycles. The Kier molecular flexibility index (Phi) is 2.70. The largest absolute Gasteiger partial charge is 0.259 e. The molecule has 1 atom stereocenters. The first-order valence-electron chi connectivity index (χ1n) is 4.88. The van der Waals surface area contributed by atoms with Crippen LogP contribution >= 0.6 is 0 Å². The van der Waals surface area contributed by atoms with Crippen molar-refractivity contribution in [1.82, 2.24) is 0 Å². The highest BCUT2D eigenvalue weighted by molar-refractivity contribution is 5.53. The molecular weight excluding hydrogens is 213 g/mol. The van der Waals surface area contributed by atoms with Gasteiger partial charge in [0.05, 0.1) is 4.92 Å². The van der Waals surface area contributed by atoms with Crippen molar-refractivity contribution in [3.8, 4) is 0 Å². The van der Waals surface area contributed by atoms with Crippen molar-refractivity contribution in [2.75, 3.05) is 0 Å². The predicted octanol–water partition coefficient (Wildman–Crippen LogP) is 2.49. The van der Waals surface area contributed by atoms with Gasteiger partial charge in [0.1, 0.15) is 11.9 Å². The van der Waals surface area contributed by atoms with E-state index in [1.807, 2.05) is 0 Å². The summed E-state index contributed by atoms with van der Waals surface area (Å²) in [5, 5.41) is 21.5. The summed E-state index contributed by atoms with van der Waals surface area (Å²) in [5.41, 5.74) is 1.43. The van der Waals surface area contributed by atoms with E-state index in [1.165, 1.54) is 12.1 Å². The molecule has 2 rings (SSSR count). The van der Waals surface area contributed by atoms with Crippen LogP contribution in [0.2, 0.25) is 0 Å². The maximum absolute atomic E-state index is 13.5. The lowest BCUT2D eigenvalue weighted by Crippen LogP contribution is -1.93. The van der Waals surface area contributed by atoms with Gasteiger partial charge in [-0.05, 0) is 36.1 Å². The SMILES string of the molecule is [O]C1CCc2cc(C=C[N+](=O)[O-])c(F)cc21. The fourth-order valence-electron chi connectivity index (χ4n) is 1.88. The average Bonchev–Trinajstić information content (AvgIpc) is 2.57. The first-order valence-corrected chi connectivity index (χ1v) is 4.88. The summed E-state index contributed by atoms with van der Waals surface area (Å²) in [6.07, 6.45) is 2.01. The van der Waals surface area contributed by atoms with Crippen molar-refractivity contribution in [2.45, 2.75) is 18.9 Å². The van der Waals surface area contributed by atoms with Crippen molar-refractivity contribution >= 4 is 6.08 Å². The second kappa shape index (κ2) is 4.02. The minimum Gasteiger partial charge on any atom is -0.259 e. The summed E-state index contributed by atoms with van der Waals surface area (Å²) in [7, 11) is 0. The van der Waals surface area contributed by atoms with Gasteiger partial charge in [-0.25, -0.2) is 9.50 Å². The van der Waals surface area contributed by atoms with Gasteiger partial charge in [0.2, 0.25) is 6.20 Å². The molecular formula is C11H9FNO3.